The summed E-state index contributed by atoms with van der Waals surface area (Å²) < 4.78 is 0.944. The molecule has 2 nitrogen and oxygen atoms in total. The zero-order chi connectivity index (χ0) is 14.5. The average molecular weight is 353 g/mol. The van der Waals surface area contributed by atoms with Crippen LogP contribution in [-0.4, -0.2) is 12.5 Å². The van der Waals surface area contributed by atoms with E-state index in [1.165, 1.54) is 0 Å². The molecule has 0 heterocycles. The number of rotatable bonds is 4. The molecule has 0 atom stereocenters. The second-order valence-corrected chi connectivity index (χ2v) is 5.89. The standard InChI is InChI=1S/C16H15BrClNO/c1-11-5-6-13(10-15(11)17)16(20)19-8-7-12-3-2-4-14(18)9-12/h2-6,9-10H,7-8H2,1H3,(H,19,20). The smallest absolute Gasteiger partial charge is 0.251 e. The molecule has 0 spiro atoms. The number of hydrogen-bond acceptors (Lipinski definition) is 1. The second-order valence-electron chi connectivity index (χ2n) is 4.60. The summed E-state index contributed by atoms with van der Waals surface area (Å²) in [5.41, 5.74) is 2.89. The van der Waals surface area contributed by atoms with E-state index in [4.69, 9.17) is 11.6 Å². The highest BCUT2D eigenvalue weighted by atomic mass is 79.9. The molecule has 0 fully saturated rings. The molecule has 1 amide bonds. The lowest BCUT2D eigenvalue weighted by Gasteiger charge is -2.07. The monoisotopic (exact) mass is 351 g/mol. The molecule has 20 heavy (non-hydrogen) atoms. The maximum Gasteiger partial charge on any atom is 0.251 e. The van der Waals surface area contributed by atoms with Crippen LogP contribution >= 0.6 is 27.5 Å². The largest absolute Gasteiger partial charge is 0.352 e. The van der Waals surface area contributed by atoms with Crippen molar-refractivity contribution in [2.45, 2.75) is 13.3 Å². The fraction of sp³-hybridized carbons (Fsp3) is 0.188. The Bertz CT molecular complexity index is 628. The number of halogens is 2. The third kappa shape index (κ3) is 4.09. The van der Waals surface area contributed by atoms with Crippen LogP contribution in [0, 0.1) is 6.92 Å². The van der Waals surface area contributed by atoms with Gasteiger partial charge in [-0.2, -0.15) is 0 Å². The van der Waals surface area contributed by atoms with Gasteiger partial charge in [-0.3, -0.25) is 4.79 Å². The van der Waals surface area contributed by atoms with Crippen molar-refractivity contribution in [3.05, 3.63) is 68.7 Å². The van der Waals surface area contributed by atoms with Crippen LogP contribution in [0.4, 0.5) is 0 Å². The molecule has 0 aliphatic heterocycles. The lowest BCUT2D eigenvalue weighted by Crippen LogP contribution is -2.25. The molecule has 0 aromatic heterocycles. The maximum atomic E-state index is 12.0. The van der Waals surface area contributed by atoms with Gasteiger partial charge < -0.3 is 5.32 Å². The van der Waals surface area contributed by atoms with E-state index in [2.05, 4.69) is 21.2 Å². The first-order valence-electron chi connectivity index (χ1n) is 6.35. The minimum absolute atomic E-state index is 0.0623. The van der Waals surface area contributed by atoms with Gasteiger partial charge in [-0.05, 0) is 48.7 Å². The molecular formula is C16H15BrClNO. The summed E-state index contributed by atoms with van der Waals surface area (Å²) >= 11 is 9.35. The van der Waals surface area contributed by atoms with Crippen molar-refractivity contribution in [1.29, 1.82) is 0 Å². The van der Waals surface area contributed by atoms with E-state index in [0.29, 0.717) is 12.1 Å². The molecule has 0 saturated heterocycles. The van der Waals surface area contributed by atoms with Crippen LogP contribution in [0.3, 0.4) is 0 Å². The molecule has 0 radical (unpaired) electrons. The number of amides is 1. The third-order valence-electron chi connectivity index (χ3n) is 3.02. The number of benzene rings is 2. The first-order chi connectivity index (χ1) is 9.56. The minimum Gasteiger partial charge on any atom is -0.352 e. The van der Waals surface area contributed by atoms with Crippen LogP contribution in [0.1, 0.15) is 21.5 Å². The average Bonchev–Trinajstić information content (AvgIpc) is 2.42. The molecular weight excluding hydrogens is 338 g/mol. The van der Waals surface area contributed by atoms with Crippen molar-refractivity contribution in [3.63, 3.8) is 0 Å². The fourth-order valence-corrected chi connectivity index (χ4v) is 2.44. The molecule has 2 rings (SSSR count). The van der Waals surface area contributed by atoms with Gasteiger partial charge in [0.05, 0.1) is 0 Å². The molecule has 2 aromatic rings. The van der Waals surface area contributed by atoms with Crippen molar-refractivity contribution in [1.82, 2.24) is 5.32 Å². The zero-order valence-electron chi connectivity index (χ0n) is 11.1. The molecule has 0 bridgehead atoms. The van der Waals surface area contributed by atoms with Gasteiger partial charge in [-0.15, -0.1) is 0 Å². The Morgan fingerprint density at radius 1 is 1.25 bits per heavy atom. The van der Waals surface area contributed by atoms with Gasteiger partial charge in [0.1, 0.15) is 0 Å². The van der Waals surface area contributed by atoms with Crippen LogP contribution in [0.15, 0.2) is 46.9 Å². The Labute approximate surface area is 132 Å². The SMILES string of the molecule is Cc1ccc(C(=O)NCCc2cccc(Cl)c2)cc1Br. The highest BCUT2D eigenvalue weighted by Gasteiger charge is 2.06. The van der Waals surface area contributed by atoms with Gasteiger partial charge in [0.25, 0.3) is 5.91 Å². The Morgan fingerprint density at radius 3 is 2.75 bits per heavy atom. The van der Waals surface area contributed by atoms with Gasteiger partial charge in [0.15, 0.2) is 0 Å². The van der Waals surface area contributed by atoms with E-state index in [1.54, 1.807) is 0 Å². The van der Waals surface area contributed by atoms with Gasteiger partial charge in [0, 0.05) is 21.6 Å². The highest BCUT2D eigenvalue weighted by molar-refractivity contribution is 9.10. The van der Waals surface area contributed by atoms with Crippen molar-refractivity contribution in [3.8, 4) is 0 Å². The third-order valence-corrected chi connectivity index (χ3v) is 4.11. The van der Waals surface area contributed by atoms with Crippen LogP contribution in [0.2, 0.25) is 5.02 Å². The summed E-state index contributed by atoms with van der Waals surface area (Å²) in [7, 11) is 0. The Hall–Kier alpha value is -1.32. The summed E-state index contributed by atoms with van der Waals surface area (Å²) in [6.45, 7) is 2.58. The molecule has 0 aliphatic carbocycles. The van der Waals surface area contributed by atoms with E-state index in [-0.39, 0.29) is 5.91 Å². The van der Waals surface area contributed by atoms with Crippen LogP contribution in [-0.2, 0) is 6.42 Å². The van der Waals surface area contributed by atoms with Crippen LogP contribution in [0.25, 0.3) is 0 Å². The predicted molar refractivity (Wildman–Crippen MR) is 86.4 cm³/mol. The lowest BCUT2D eigenvalue weighted by atomic mass is 10.1. The zero-order valence-corrected chi connectivity index (χ0v) is 13.5. The fourth-order valence-electron chi connectivity index (χ4n) is 1.85. The molecule has 0 saturated carbocycles. The summed E-state index contributed by atoms with van der Waals surface area (Å²) in [4.78, 5) is 12.0. The summed E-state index contributed by atoms with van der Waals surface area (Å²) in [5.74, 6) is -0.0623. The van der Waals surface area contributed by atoms with Gasteiger partial charge in [-0.25, -0.2) is 0 Å². The molecule has 4 heteroatoms. The topological polar surface area (TPSA) is 29.1 Å². The number of hydrogen-bond donors (Lipinski definition) is 1. The number of aryl methyl sites for hydroxylation is 1. The van der Waals surface area contributed by atoms with Crippen molar-refractivity contribution >= 4 is 33.4 Å². The van der Waals surface area contributed by atoms with Crippen molar-refractivity contribution < 1.29 is 4.79 Å². The van der Waals surface area contributed by atoms with E-state index in [0.717, 1.165) is 27.0 Å². The summed E-state index contributed by atoms with van der Waals surface area (Å²) in [6.07, 6.45) is 0.763. The van der Waals surface area contributed by atoms with E-state index in [9.17, 15) is 4.79 Å². The normalized spacial score (nSPS) is 10.3. The summed E-state index contributed by atoms with van der Waals surface area (Å²) in [5, 5.41) is 3.63. The Kier molecular flexibility index (Phi) is 5.21. The van der Waals surface area contributed by atoms with E-state index < -0.39 is 0 Å². The molecule has 0 aliphatic rings. The molecule has 0 unspecified atom stereocenters. The van der Waals surface area contributed by atoms with Crippen LogP contribution < -0.4 is 5.32 Å². The van der Waals surface area contributed by atoms with Gasteiger partial charge in [-0.1, -0.05) is 45.7 Å². The number of carbonyl (C=O) groups is 1. The first kappa shape index (κ1) is 15.1. The van der Waals surface area contributed by atoms with Gasteiger partial charge in [0.2, 0.25) is 0 Å². The highest BCUT2D eigenvalue weighted by Crippen LogP contribution is 2.17. The summed E-state index contributed by atoms with van der Waals surface area (Å²) in [6, 6.07) is 13.3. The maximum absolute atomic E-state index is 12.0. The minimum atomic E-state index is -0.0623. The van der Waals surface area contributed by atoms with E-state index >= 15 is 0 Å². The number of carbonyl (C=O) groups excluding carboxylic acids is 1. The van der Waals surface area contributed by atoms with Crippen molar-refractivity contribution in [2.24, 2.45) is 0 Å². The Morgan fingerprint density at radius 2 is 2.05 bits per heavy atom. The molecule has 104 valence electrons. The second kappa shape index (κ2) is 6.91. The Balaban J connectivity index is 1.90. The quantitative estimate of drug-likeness (QED) is 0.869. The predicted octanol–water partition coefficient (Wildman–Crippen LogP) is 4.38. The lowest BCUT2D eigenvalue weighted by molar-refractivity contribution is 0.0954. The molecule has 1 N–H and O–H groups in total. The van der Waals surface area contributed by atoms with E-state index in [1.807, 2.05) is 49.4 Å². The van der Waals surface area contributed by atoms with Crippen LogP contribution in [0.5, 0.6) is 0 Å². The van der Waals surface area contributed by atoms with Crippen molar-refractivity contribution in [2.75, 3.05) is 6.54 Å². The number of nitrogens with one attached hydrogen (secondary N) is 1. The first-order valence-corrected chi connectivity index (χ1v) is 7.52. The van der Waals surface area contributed by atoms with Gasteiger partial charge >= 0.3 is 0 Å². The molecule has 2 aromatic carbocycles.